The molecule has 0 atom stereocenters. The van der Waals surface area contributed by atoms with Crippen molar-refractivity contribution in [3.8, 4) is 28.7 Å². The molecule has 0 aliphatic heterocycles. The molecular weight excluding hydrogens is 426 g/mol. The second kappa shape index (κ2) is 7.77. The second-order valence-corrected chi connectivity index (χ2v) is 7.02. The molecule has 31 heavy (non-hydrogen) atoms. The number of rotatable bonds is 3. The highest BCUT2D eigenvalue weighted by molar-refractivity contribution is 6.21. The van der Waals surface area contributed by atoms with Gasteiger partial charge in [-0.25, -0.2) is 9.98 Å². The predicted octanol–water partition coefficient (Wildman–Crippen LogP) is 3.27. The monoisotopic (exact) mass is 443 g/mol. The topological polar surface area (TPSA) is 165 Å². The SMILES string of the molecule is NC(=NC(=NCCl)c1c(O)c(O)c(O)c(O)c1O)c1cccc2c3c(oc12)CCC=C3. The number of halogens is 1. The van der Waals surface area contributed by atoms with E-state index in [0.717, 1.165) is 29.6 Å². The Labute approximate surface area is 180 Å². The number of hydrogen-bond acceptors (Lipinski definition) is 7. The normalized spacial score (nSPS) is 14.2. The summed E-state index contributed by atoms with van der Waals surface area (Å²) in [5.74, 6) is -4.74. The molecule has 9 nitrogen and oxygen atoms in total. The lowest BCUT2D eigenvalue weighted by Gasteiger charge is -2.12. The number of fused-ring (bicyclic) bond motifs is 3. The molecule has 0 unspecified atom stereocenters. The van der Waals surface area contributed by atoms with Crippen LogP contribution in [0.2, 0.25) is 0 Å². The van der Waals surface area contributed by atoms with E-state index in [9.17, 15) is 25.5 Å². The predicted molar refractivity (Wildman–Crippen MR) is 116 cm³/mol. The average molecular weight is 444 g/mol. The number of aromatic hydroxyl groups is 5. The maximum absolute atomic E-state index is 10.2. The van der Waals surface area contributed by atoms with Gasteiger partial charge in [0.05, 0.1) is 5.56 Å². The minimum absolute atomic E-state index is 0.0737. The van der Waals surface area contributed by atoms with Crippen molar-refractivity contribution in [1.82, 2.24) is 0 Å². The Kier molecular flexibility index (Phi) is 5.12. The highest BCUT2D eigenvalue weighted by atomic mass is 35.5. The average Bonchev–Trinajstić information content (AvgIpc) is 3.15. The Hall–Kier alpha value is -3.85. The van der Waals surface area contributed by atoms with Gasteiger partial charge in [0.25, 0.3) is 0 Å². The van der Waals surface area contributed by atoms with Gasteiger partial charge in [-0.1, -0.05) is 24.3 Å². The number of nitrogens with zero attached hydrogens (tertiary/aromatic N) is 2. The lowest BCUT2D eigenvalue weighted by atomic mass is 10.0. The fourth-order valence-electron chi connectivity index (χ4n) is 3.47. The standard InChI is InChI=1S/C21H18ClN3O6/c22-8-24-21(13-14(26)16(28)18(30)17(29)15(13)27)25-20(23)11-6-3-5-10-9-4-1-2-7-12(9)31-19(10)11/h1,3-6,26-30H,2,7-8H2,(H2,23,24,25). The van der Waals surface area contributed by atoms with Gasteiger partial charge in [-0.2, -0.15) is 0 Å². The molecular formula is C21H18ClN3O6. The van der Waals surface area contributed by atoms with Crippen LogP contribution in [0, 0.1) is 0 Å². The van der Waals surface area contributed by atoms with E-state index >= 15 is 0 Å². The highest BCUT2D eigenvalue weighted by Crippen LogP contribution is 2.51. The summed E-state index contributed by atoms with van der Waals surface area (Å²) in [6.07, 6.45) is 5.66. The zero-order chi connectivity index (χ0) is 22.3. The van der Waals surface area contributed by atoms with Crippen molar-refractivity contribution >= 4 is 40.3 Å². The maximum atomic E-state index is 10.2. The molecule has 160 valence electrons. The molecule has 1 aliphatic rings. The summed E-state index contributed by atoms with van der Waals surface area (Å²) in [4.78, 5) is 8.04. The van der Waals surface area contributed by atoms with Crippen LogP contribution < -0.4 is 5.73 Å². The summed E-state index contributed by atoms with van der Waals surface area (Å²) in [7, 11) is 0. The fourth-order valence-corrected chi connectivity index (χ4v) is 3.58. The minimum atomic E-state index is -1.10. The van der Waals surface area contributed by atoms with Gasteiger partial charge in [0.2, 0.25) is 17.2 Å². The van der Waals surface area contributed by atoms with Crippen LogP contribution in [-0.2, 0) is 6.42 Å². The third-order valence-corrected chi connectivity index (χ3v) is 5.08. The van der Waals surface area contributed by atoms with Crippen LogP contribution in [-0.4, -0.2) is 43.2 Å². The van der Waals surface area contributed by atoms with Crippen LogP contribution in [0.4, 0.5) is 0 Å². The van der Waals surface area contributed by atoms with Gasteiger partial charge in [-0.15, -0.1) is 11.6 Å². The molecule has 1 heterocycles. The van der Waals surface area contributed by atoms with Crippen molar-refractivity contribution < 1.29 is 29.9 Å². The van der Waals surface area contributed by atoms with Gasteiger partial charge in [-0.05, 0) is 12.5 Å². The number of furan rings is 1. The van der Waals surface area contributed by atoms with Crippen molar-refractivity contribution in [2.24, 2.45) is 15.7 Å². The number of para-hydroxylation sites is 1. The first-order valence-electron chi connectivity index (χ1n) is 9.20. The van der Waals surface area contributed by atoms with Gasteiger partial charge in [0.1, 0.15) is 28.7 Å². The van der Waals surface area contributed by atoms with Crippen LogP contribution in [0.5, 0.6) is 28.7 Å². The largest absolute Gasteiger partial charge is 0.504 e. The van der Waals surface area contributed by atoms with E-state index in [1.807, 2.05) is 12.1 Å². The van der Waals surface area contributed by atoms with E-state index in [1.54, 1.807) is 12.1 Å². The smallest absolute Gasteiger partial charge is 0.208 e. The number of allylic oxidation sites excluding steroid dienone is 1. The van der Waals surface area contributed by atoms with Crippen LogP contribution in [0.1, 0.15) is 28.9 Å². The van der Waals surface area contributed by atoms with E-state index in [1.165, 1.54) is 0 Å². The number of phenolic OH excluding ortho intramolecular Hbond substituents is 5. The summed E-state index contributed by atoms with van der Waals surface area (Å²) in [5, 5.41) is 50.5. The lowest BCUT2D eigenvalue weighted by molar-refractivity contribution is 0.327. The number of aliphatic imine (C=N–C) groups is 2. The maximum Gasteiger partial charge on any atom is 0.208 e. The molecule has 4 rings (SSSR count). The molecule has 0 fully saturated rings. The first-order chi connectivity index (χ1) is 14.8. The number of phenols is 5. The Morgan fingerprint density at radius 3 is 2.39 bits per heavy atom. The summed E-state index contributed by atoms with van der Waals surface area (Å²) in [5.41, 5.74) is 7.57. The molecule has 0 amide bonds. The Bertz CT molecular complexity index is 1260. The third-order valence-electron chi connectivity index (χ3n) is 4.96. The van der Waals surface area contributed by atoms with Crippen LogP contribution >= 0.6 is 11.6 Å². The van der Waals surface area contributed by atoms with Crippen LogP contribution in [0.15, 0.2) is 38.7 Å². The molecule has 0 bridgehead atoms. The van der Waals surface area contributed by atoms with Crippen molar-refractivity contribution in [2.45, 2.75) is 12.8 Å². The Balaban J connectivity index is 1.89. The van der Waals surface area contributed by atoms with Gasteiger partial charge in [0.15, 0.2) is 17.3 Å². The first-order valence-corrected chi connectivity index (χ1v) is 9.73. The molecule has 0 saturated heterocycles. The number of amidine groups is 2. The van der Waals surface area contributed by atoms with Crippen molar-refractivity contribution in [3.63, 3.8) is 0 Å². The Morgan fingerprint density at radius 2 is 1.71 bits per heavy atom. The molecule has 0 radical (unpaired) electrons. The van der Waals surface area contributed by atoms with Gasteiger partial charge < -0.3 is 35.7 Å². The zero-order valence-corrected chi connectivity index (χ0v) is 16.8. The molecule has 0 saturated carbocycles. The number of hydrogen-bond donors (Lipinski definition) is 6. The van der Waals surface area contributed by atoms with Crippen molar-refractivity contribution in [1.29, 1.82) is 0 Å². The van der Waals surface area contributed by atoms with Gasteiger partial charge in [0, 0.05) is 17.4 Å². The zero-order valence-electron chi connectivity index (χ0n) is 16.0. The van der Waals surface area contributed by atoms with E-state index in [-0.39, 0.29) is 17.7 Å². The third kappa shape index (κ3) is 3.28. The first kappa shape index (κ1) is 20.4. The summed E-state index contributed by atoms with van der Waals surface area (Å²) < 4.78 is 6.00. The number of benzene rings is 2. The Morgan fingerprint density at radius 1 is 1.03 bits per heavy atom. The van der Waals surface area contributed by atoms with Crippen molar-refractivity contribution in [2.75, 3.05) is 6.00 Å². The lowest BCUT2D eigenvalue weighted by Crippen LogP contribution is -2.17. The second-order valence-electron chi connectivity index (χ2n) is 6.78. The highest BCUT2D eigenvalue weighted by Gasteiger charge is 2.27. The number of aryl methyl sites for hydroxylation is 1. The summed E-state index contributed by atoms with van der Waals surface area (Å²) in [6.45, 7) is 0. The van der Waals surface area contributed by atoms with Crippen LogP contribution in [0.25, 0.3) is 17.0 Å². The van der Waals surface area contributed by atoms with E-state index in [4.69, 9.17) is 21.8 Å². The molecule has 0 spiro atoms. The van der Waals surface area contributed by atoms with E-state index < -0.39 is 34.3 Å². The molecule has 2 aromatic carbocycles. The van der Waals surface area contributed by atoms with E-state index in [2.05, 4.69) is 16.1 Å². The number of nitrogens with two attached hydrogens (primary N) is 1. The van der Waals surface area contributed by atoms with Crippen LogP contribution in [0.3, 0.4) is 0 Å². The quantitative estimate of drug-likeness (QED) is 0.0902. The number of alkyl halides is 1. The summed E-state index contributed by atoms with van der Waals surface area (Å²) >= 11 is 5.69. The van der Waals surface area contributed by atoms with E-state index in [0.29, 0.717) is 11.1 Å². The molecule has 1 aliphatic carbocycles. The molecule has 3 aromatic rings. The van der Waals surface area contributed by atoms with Gasteiger partial charge in [-0.3, -0.25) is 0 Å². The van der Waals surface area contributed by atoms with Gasteiger partial charge >= 0.3 is 0 Å². The minimum Gasteiger partial charge on any atom is -0.504 e. The molecule has 7 N–H and O–H groups in total. The molecule has 1 aromatic heterocycles. The molecule has 10 heteroatoms. The summed E-state index contributed by atoms with van der Waals surface area (Å²) in [6, 6.07) is 5.02. The fraction of sp³-hybridized carbons (Fsp3) is 0.143. The van der Waals surface area contributed by atoms with Crippen molar-refractivity contribution in [3.05, 3.63) is 46.7 Å².